The summed E-state index contributed by atoms with van der Waals surface area (Å²) in [5.74, 6) is -0.229. The number of fused-ring (bicyclic) bond motifs is 1. The number of benzene rings is 1. The molecule has 0 saturated carbocycles. The maximum Gasteiger partial charge on any atom is 0.246 e. The number of hydrogen-bond donors (Lipinski definition) is 0. The normalized spacial score (nSPS) is 23.1. The van der Waals surface area contributed by atoms with Crippen molar-refractivity contribution in [1.82, 2.24) is 9.21 Å². The van der Waals surface area contributed by atoms with Crippen LogP contribution in [0.3, 0.4) is 0 Å². The number of amides is 2. The van der Waals surface area contributed by atoms with E-state index in [-0.39, 0.29) is 16.7 Å². The van der Waals surface area contributed by atoms with E-state index < -0.39 is 16.1 Å². The third-order valence-electron chi connectivity index (χ3n) is 6.03. The fourth-order valence-electron chi connectivity index (χ4n) is 4.58. The highest BCUT2D eigenvalue weighted by Gasteiger charge is 2.40. The average molecular weight is 406 g/mol. The molecular formula is C20H27N3O4S. The van der Waals surface area contributed by atoms with Crippen LogP contribution in [0.4, 0.5) is 5.69 Å². The first-order valence-corrected chi connectivity index (χ1v) is 11.6. The van der Waals surface area contributed by atoms with E-state index in [4.69, 9.17) is 0 Å². The van der Waals surface area contributed by atoms with E-state index in [1.54, 1.807) is 22.5 Å². The van der Waals surface area contributed by atoms with E-state index in [9.17, 15) is 18.0 Å². The van der Waals surface area contributed by atoms with Crippen LogP contribution in [0.25, 0.3) is 0 Å². The summed E-state index contributed by atoms with van der Waals surface area (Å²) in [7, 11) is -3.54. The third-order valence-corrected chi connectivity index (χ3v) is 7.92. The SMILES string of the molecule is CC(=O)N1c2ccc(S(=O)(=O)N3CCCCC3)cc2CC1C(=O)N1CCCC1. The molecule has 8 heteroatoms. The summed E-state index contributed by atoms with van der Waals surface area (Å²) in [5, 5.41) is 0. The van der Waals surface area contributed by atoms with Gasteiger partial charge in [0.2, 0.25) is 21.8 Å². The summed E-state index contributed by atoms with van der Waals surface area (Å²) in [6, 6.07) is 4.34. The summed E-state index contributed by atoms with van der Waals surface area (Å²) in [6.45, 7) is 4.01. The van der Waals surface area contributed by atoms with Gasteiger partial charge in [0.1, 0.15) is 6.04 Å². The predicted octanol–water partition coefficient (Wildman–Crippen LogP) is 1.76. The standard InChI is InChI=1S/C20H27N3O4S/c1-15(24)23-18-8-7-17(28(26,27)22-11-3-2-4-12-22)13-16(18)14-19(23)20(25)21-9-5-6-10-21/h7-8,13,19H,2-6,9-12,14H2,1H3. The van der Waals surface area contributed by atoms with Gasteiger partial charge in [0, 0.05) is 45.2 Å². The Kier molecular flexibility index (Phi) is 5.18. The first-order chi connectivity index (χ1) is 13.4. The average Bonchev–Trinajstić information content (AvgIpc) is 3.35. The Bertz CT molecular complexity index is 887. The molecule has 3 aliphatic heterocycles. The molecule has 2 saturated heterocycles. The van der Waals surface area contributed by atoms with Crippen LogP contribution in [-0.2, 0) is 26.0 Å². The van der Waals surface area contributed by atoms with Gasteiger partial charge in [-0.25, -0.2) is 8.42 Å². The monoisotopic (exact) mass is 405 g/mol. The number of sulfonamides is 1. The van der Waals surface area contributed by atoms with Crippen molar-refractivity contribution in [1.29, 1.82) is 0 Å². The summed E-state index contributed by atoms with van der Waals surface area (Å²) < 4.78 is 27.5. The van der Waals surface area contributed by atoms with Gasteiger partial charge >= 0.3 is 0 Å². The zero-order chi connectivity index (χ0) is 19.9. The van der Waals surface area contributed by atoms with Gasteiger partial charge in [0.15, 0.2) is 0 Å². The molecule has 28 heavy (non-hydrogen) atoms. The van der Waals surface area contributed by atoms with Crippen molar-refractivity contribution < 1.29 is 18.0 Å². The van der Waals surface area contributed by atoms with Crippen LogP contribution in [0.5, 0.6) is 0 Å². The Hall–Kier alpha value is -1.93. The lowest BCUT2D eigenvalue weighted by atomic mass is 10.1. The molecule has 2 fully saturated rings. The van der Waals surface area contributed by atoms with Gasteiger partial charge in [-0.2, -0.15) is 4.31 Å². The van der Waals surface area contributed by atoms with Crippen LogP contribution >= 0.6 is 0 Å². The van der Waals surface area contributed by atoms with Gasteiger partial charge in [0.25, 0.3) is 0 Å². The summed E-state index contributed by atoms with van der Waals surface area (Å²) in [6.07, 6.45) is 5.18. The van der Waals surface area contributed by atoms with Crippen LogP contribution in [0.15, 0.2) is 23.1 Å². The molecule has 3 aliphatic rings. The van der Waals surface area contributed by atoms with Crippen LogP contribution < -0.4 is 4.90 Å². The molecule has 2 amide bonds. The molecule has 0 aliphatic carbocycles. The van der Waals surface area contributed by atoms with Gasteiger partial charge in [-0.05, 0) is 49.4 Å². The smallest absolute Gasteiger partial charge is 0.246 e. The molecule has 0 aromatic heterocycles. The van der Waals surface area contributed by atoms with Crippen LogP contribution in [0.2, 0.25) is 0 Å². The van der Waals surface area contributed by atoms with Crippen molar-refractivity contribution in [2.45, 2.75) is 56.4 Å². The Morgan fingerprint density at radius 3 is 2.25 bits per heavy atom. The molecule has 3 heterocycles. The molecule has 0 bridgehead atoms. The van der Waals surface area contributed by atoms with Gasteiger partial charge < -0.3 is 4.90 Å². The van der Waals surface area contributed by atoms with Crippen molar-refractivity contribution in [3.8, 4) is 0 Å². The predicted molar refractivity (Wildman–Crippen MR) is 106 cm³/mol. The van der Waals surface area contributed by atoms with Crippen LogP contribution in [0, 0.1) is 0 Å². The van der Waals surface area contributed by atoms with Crippen molar-refractivity contribution in [3.63, 3.8) is 0 Å². The van der Waals surface area contributed by atoms with E-state index in [1.165, 1.54) is 11.8 Å². The lowest BCUT2D eigenvalue weighted by Gasteiger charge is -2.27. The molecular weight excluding hydrogens is 378 g/mol. The number of hydrogen-bond acceptors (Lipinski definition) is 4. The lowest BCUT2D eigenvalue weighted by molar-refractivity contribution is -0.133. The van der Waals surface area contributed by atoms with Crippen molar-refractivity contribution >= 4 is 27.5 Å². The maximum absolute atomic E-state index is 13.0. The molecule has 4 rings (SSSR count). The minimum atomic E-state index is -3.54. The lowest BCUT2D eigenvalue weighted by Crippen LogP contribution is -2.48. The van der Waals surface area contributed by atoms with E-state index in [1.807, 2.05) is 4.90 Å². The molecule has 0 N–H and O–H groups in total. The van der Waals surface area contributed by atoms with Gasteiger partial charge in [-0.3, -0.25) is 14.5 Å². The van der Waals surface area contributed by atoms with Crippen LogP contribution in [-0.4, -0.2) is 61.7 Å². The highest BCUT2D eigenvalue weighted by atomic mass is 32.2. The Labute approximate surface area is 166 Å². The Morgan fingerprint density at radius 2 is 1.61 bits per heavy atom. The molecule has 1 atom stereocenters. The zero-order valence-corrected chi connectivity index (χ0v) is 17.1. The summed E-state index contributed by atoms with van der Waals surface area (Å²) in [4.78, 5) is 28.9. The molecule has 1 unspecified atom stereocenters. The minimum Gasteiger partial charge on any atom is -0.341 e. The first kappa shape index (κ1) is 19.4. The van der Waals surface area contributed by atoms with Crippen molar-refractivity contribution in [2.75, 3.05) is 31.1 Å². The van der Waals surface area contributed by atoms with Gasteiger partial charge in [0.05, 0.1) is 4.90 Å². The number of piperidine rings is 1. The number of carbonyl (C=O) groups is 2. The number of nitrogens with zero attached hydrogens (tertiary/aromatic N) is 3. The molecule has 0 radical (unpaired) electrons. The van der Waals surface area contributed by atoms with E-state index in [2.05, 4.69) is 0 Å². The fourth-order valence-corrected chi connectivity index (χ4v) is 6.15. The van der Waals surface area contributed by atoms with E-state index in [0.29, 0.717) is 25.2 Å². The number of carbonyl (C=O) groups excluding carboxylic acids is 2. The quantitative estimate of drug-likeness (QED) is 0.768. The molecule has 7 nitrogen and oxygen atoms in total. The second-order valence-corrected chi connectivity index (χ2v) is 9.83. The number of rotatable bonds is 3. The maximum atomic E-state index is 13.0. The largest absolute Gasteiger partial charge is 0.341 e. The first-order valence-electron chi connectivity index (χ1n) is 10.1. The van der Waals surface area contributed by atoms with Crippen LogP contribution in [0.1, 0.15) is 44.6 Å². The summed E-state index contributed by atoms with van der Waals surface area (Å²) in [5.41, 5.74) is 1.41. The number of likely N-dealkylation sites (tertiary alicyclic amines) is 1. The zero-order valence-electron chi connectivity index (χ0n) is 16.3. The van der Waals surface area contributed by atoms with Crippen molar-refractivity contribution in [2.24, 2.45) is 0 Å². The minimum absolute atomic E-state index is 0.0377. The Balaban J connectivity index is 1.64. The Morgan fingerprint density at radius 1 is 0.964 bits per heavy atom. The highest BCUT2D eigenvalue weighted by molar-refractivity contribution is 7.89. The third kappa shape index (κ3) is 3.33. The number of anilines is 1. The van der Waals surface area contributed by atoms with Gasteiger partial charge in [-0.1, -0.05) is 6.42 Å². The van der Waals surface area contributed by atoms with E-state index in [0.717, 1.165) is 50.8 Å². The molecule has 152 valence electrons. The van der Waals surface area contributed by atoms with Gasteiger partial charge in [-0.15, -0.1) is 0 Å². The topological polar surface area (TPSA) is 78.0 Å². The van der Waals surface area contributed by atoms with Crippen molar-refractivity contribution in [3.05, 3.63) is 23.8 Å². The second-order valence-electron chi connectivity index (χ2n) is 7.90. The molecule has 1 aromatic rings. The summed E-state index contributed by atoms with van der Waals surface area (Å²) >= 11 is 0. The molecule has 1 aromatic carbocycles. The van der Waals surface area contributed by atoms with E-state index >= 15 is 0 Å². The highest BCUT2D eigenvalue weighted by Crippen LogP contribution is 2.36. The fraction of sp³-hybridized carbons (Fsp3) is 0.600. The second kappa shape index (κ2) is 7.48. The molecule has 0 spiro atoms.